The van der Waals surface area contributed by atoms with Crippen LogP contribution in [0, 0.1) is 0 Å². The van der Waals surface area contributed by atoms with Gasteiger partial charge in [-0.1, -0.05) is 23.2 Å². The first kappa shape index (κ1) is 30.5. The predicted molar refractivity (Wildman–Crippen MR) is 150 cm³/mol. The summed E-state index contributed by atoms with van der Waals surface area (Å²) in [6.07, 6.45) is -0.901. The molecule has 218 valence electrons. The van der Waals surface area contributed by atoms with Crippen molar-refractivity contribution in [3.8, 4) is 11.6 Å². The van der Waals surface area contributed by atoms with Gasteiger partial charge in [0.25, 0.3) is 5.91 Å². The van der Waals surface area contributed by atoms with Crippen molar-refractivity contribution in [3.05, 3.63) is 99.7 Å². The lowest BCUT2D eigenvalue weighted by Gasteiger charge is -2.28. The van der Waals surface area contributed by atoms with E-state index in [4.69, 9.17) is 27.9 Å². The van der Waals surface area contributed by atoms with Crippen LogP contribution >= 0.6 is 23.2 Å². The summed E-state index contributed by atoms with van der Waals surface area (Å²) in [5.41, 5.74) is -0.942. The summed E-state index contributed by atoms with van der Waals surface area (Å²) in [4.78, 5) is 38.4. The van der Waals surface area contributed by atoms with Gasteiger partial charge in [0.1, 0.15) is 17.0 Å². The lowest BCUT2D eigenvalue weighted by molar-refractivity contribution is -0.138. The van der Waals surface area contributed by atoms with Crippen LogP contribution in [0.25, 0.3) is 0 Å². The Balaban J connectivity index is 1.65. The second kappa shape index (κ2) is 12.6. The van der Waals surface area contributed by atoms with E-state index >= 15 is 0 Å². The average Bonchev–Trinajstić information content (AvgIpc) is 2.93. The van der Waals surface area contributed by atoms with Crippen molar-refractivity contribution in [3.63, 3.8) is 0 Å². The molecule has 0 aliphatic carbocycles. The molecule has 1 amide bonds. The van der Waals surface area contributed by atoms with Crippen LogP contribution in [-0.4, -0.2) is 38.0 Å². The molecule has 3 aromatic heterocycles. The Morgan fingerprint density at radius 1 is 1.05 bits per heavy atom. The summed E-state index contributed by atoms with van der Waals surface area (Å²) < 4.78 is 47.4. The number of hydrogen-bond donors (Lipinski definition) is 2. The highest BCUT2D eigenvalue weighted by molar-refractivity contribution is 6.32. The highest BCUT2D eigenvalue weighted by Crippen LogP contribution is 2.38. The van der Waals surface area contributed by atoms with Gasteiger partial charge in [-0.05, 0) is 67.9 Å². The van der Waals surface area contributed by atoms with Gasteiger partial charge in [-0.3, -0.25) is 4.79 Å². The second-order valence-electron chi connectivity index (χ2n) is 9.11. The number of alkyl halides is 3. The van der Waals surface area contributed by atoms with Gasteiger partial charge in [0.05, 0.1) is 22.0 Å². The van der Waals surface area contributed by atoms with E-state index in [9.17, 15) is 27.9 Å². The first-order valence-corrected chi connectivity index (χ1v) is 13.0. The molecule has 0 atom stereocenters. The van der Waals surface area contributed by atoms with Crippen molar-refractivity contribution in [2.75, 3.05) is 10.2 Å². The van der Waals surface area contributed by atoms with Crippen molar-refractivity contribution in [1.82, 2.24) is 15.0 Å². The molecule has 0 aliphatic rings. The van der Waals surface area contributed by atoms with Crippen LogP contribution in [0.15, 0.2) is 67.1 Å². The van der Waals surface area contributed by atoms with E-state index in [1.54, 1.807) is 26.0 Å². The molecule has 14 heteroatoms. The minimum absolute atomic E-state index is 0.00825. The maximum Gasteiger partial charge on any atom is 0.421 e. The van der Waals surface area contributed by atoms with Crippen LogP contribution in [0.2, 0.25) is 10.2 Å². The van der Waals surface area contributed by atoms with Crippen molar-refractivity contribution in [2.45, 2.75) is 32.6 Å². The monoisotopic (exact) mass is 619 g/mol. The number of pyridine rings is 3. The number of carboxylic acids is 1. The number of nitrogens with zero attached hydrogens (tertiary/aromatic N) is 4. The molecule has 0 radical (unpaired) electrons. The fourth-order valence-electron chi connectivity index (χ4n) is 3.91. The molecule has 0 fully saturated rings. The summed E-state index contributed by atoms with van der Waals surface area (Å²) in [6, 6.07) is 10.0. The van der Waals surface area contributed by atoms with Crippen LogP contribution < -0.4 is 15.0 Å². The minimum Gasteiger partial charge on any atom is -0.478 e. The molecule has 0 saturated carbocycles. The van der Waals surface area contributed by atoms with E-state index in [0.717, 1.165) is 12.1 Å². The molecule has 4 aromatic rings. The zero-order chi connectivity index (χ0) is 30.6. The van der Waals surface area contributed by atoms with Gasteiger partial charge >= 0.3 is 12.1 Å². The molecule has 0 saturated heterocycles. The number of aromatic carboxylic acids is 1. The van der Waals surface area contributed by atoms with Gasteiger partial charge < -0.3 is 20.1 Å². The van der Waals surface area contributed by atoms with E-state index in [1.807, 2.05) is 0 Å². The number of carboxylic acid groups (broad SMARTS) is 1. The standard InChI is InChI=1S/C28H22Cl2F3N5O4/c1-15(2)38(26(39)22-7-5-17(29)14-36-22)23-8-6-18(11-19(23)27(40)41)42-25-20(28(31,32)33)10-16(13-37-25)12-35-21-4-3-9-34-24(21)30/h3-11,13-15,35H,12H2,1-2H3,(H,40,41). The topological polar surface area (TPSA) is 118 Å². The van der Waals surface area contributed by atoms with E-state index in [2.05, 4.69) is 20.3 Å². The Hall–Kier alpha value is -4.42. The Morgan fingerprint density at radius 2 is 1.81 bits per heavy atom. The SMILES string of the molecule is CC(C)N(C(=O)c1ccc(Cl)cn1)c1ccc(Oc2ncc(CNc3cccnc3Cl)cc2C(F)(F)F)cc1C(=O)O. The molecule has 0 spiro atoms. The van der Waals surface area contributed by atoms with Crippen molar-refractivity contribution >= 4 is 46.5 Å². The zero-order valence-corrected chi connectivity index (χ0v) is 23.5. The molecule has 3 heterocycles. The van der Waals surface area contributed by atoms with Gasteiger partial charge in [-0.2, -0.15) is 13.2 Å². The zero-order valence-electron chi connectivity index (χ0n) is 22.0. The summed E-state index contributed by atoms with van der Waals surface area (Å²) in [7, 11) is 0. The lowest BCUT2D eigenvalue weighted by atomic mass is 10.1. The number of aromatic nitrogens is 3. The predicted octanol–water partition coefficient (Wildman–Crippen LogP) is 7.36. The number of rotatable bonds is 9. The summed E-state index contributed by atoms with van der Waals surface area (Å²) in [6.45, 7) is 3.30. The first-order chi connectivity index (χ1) is 19.8. The first-order valence-electron chi connectivity index (χ1n) is 12.3. The fourth-order valence-corrected chi connectivity index (χ4v) is 4.21. The third-order valence-corrected chi connectivity index (χ3v) is 6.33. The molecule has 0 aliphatic heterocycles. The van der Waals surface area contributed by atoms with E-state index < -0.39 is 35.5 Å². The molecule has 42 heavy (non-hydrogen) atoms. The third kappa shape index (κ3) is 7.07. The minimum atomic E-state index is -4.84. The smallest absolute Gasteiger partial charge is 0.421 e. The second-order valence-corrected chi connectivity index (χ2v) is 9.90. The molecule has 4 rings (SSSR count). The van der Waals surface area contributed by atoms with Crippen molar-refractivity contribution < 1.29 is 32.6 Å². The Labute approximate surface area is 247 Å². The molecule has 0 unspecified atom stereocenters. The number of carbonyl (C=O) groups is 2. The van der Waals surface area contributed by atoms with Gasteiger partial charge in [0, 0.05) is 31.2 Å². The summed E-state index contributed by atoms with van der Waals surface area (Å²) in [5.74, 6) is -3.05. The van der Waals surface area contributed by atoms with Gasteiger partial charge in [-0.25, -0.2) is 19.7 Å². The Kier molecular flexibility index (Phi) is 9.17. The maximum atomic E-state index is 14.0. The van der Waals surface area contributed by atoms with Crippen LogP contribution in [0.4, 0.5) is 24.5 Å². The number of anilines is 2. The van der Waals surface area contributed by atoms with E-state index in [1.165, 1.54) is 47.8 Å². The van der Waals surface area contributed by atoms with E-state index in [0.29, 0.717) is 10.7 Å². The van der Waals surface area contributed by atoms with Crippen molar-refractivity contribution in [1.29, 1.82) is 0 Å². The molecule has 9 nitrogen and oxygen atoms in total. The van der Waals surface area contributed by atoms with Crippen molar-refractivity contribution in [2.24, 2.45) is 0 Å². The maximum absolute atomic E-state index is 14.0. The Morgan fingerprint density at radius 3 is 2.43 bits per heavy atom. The molecular formula is C28H22Cl2F3N5O4. The van der Waals surface area contributed by atoms with E-state index in [-0.39, 0.29) is 40.0 Å². The molecule has 1 aromatic carbocycles. The number of hydrogen-bond acceptors (Lipinski definition) is 7. The number of halogens is 5. The Bertz CT molecular complexity index is 1620. The number of carbonyl (C=O) groups excluding carboxylic acids is 1. The lowest BCUT2D eigenvalue weighted by Crippen LogP contribution is -2.38. The summed E-state index contributed by atoms with van der Waals surface area (Å²) >= 11 is 11.8. The van der Waals surface area contributed by atoms with Gasteiger partial charge in [0.2, 0.25) is 5.88 Å². The average molecular weight is 620 g/mol. The fraction of sp³-hybridized carbons (Fsp3) is 0.179. The largest absolute Gasteiger partial charge is 0.478 e. The normalized spacial score (nSPS) is 11.3. The molecule has 0 bridgehead atoms. The molecule has 2 N–H and O–H groups in total. The third-order valence-electron chi connectivity index (χ3n) is 5.81. The number of benzene rings is 1. The van der Waals surface area contributed by atoms with Gasteiger partial charge in [-0.15, -0.1) is 0 Å². The van der Waals surface area contributed by atoms with Crippen LogP contribution in [0.1, 0.15) is 45.8 Å². The van der Waals surface area contributed by atoms with Crippen LogP contribution in [0.3, 0.4) is 0 Å². The quantitative estimate of drug-likeness (QED) is 0.187. The highest BCUT2D eigenvalue weighted by atomic mass is 35.5. The highest BCUT2D eigenvalue weighted by Gasteiger charge is 2.36. The van der Waals surface area contributed by atoms with Crippen LogP contribution in [-0.2, 0) is 12.7 Å². The van der Waals surface area contributed by atoms with Crippen LogP contribution in [0.5, 0.6) is 11.6 Å². The van der Waals surface area contributed by atoms with Gasteiger partial charge in [0.15, 0.2) is 5.15 Å². The number of ether oxygens (including phenoxy) is 1. The number of amides is 1. The molecular weight excluding hydrogens is 598 g/mol. The number of nitrogens with one attached hydrogen (secondary N) is 1. The summed E-state index contributed by atoms with van der Waals surface area (Å²) in [5, 5.41) is 13.3.